The number of hydrogen-bond donors (Lipinski definition) is 1. The van der Waals surface area contributed by atoms with Crippen molar-refractivity contribution in [1.29, 1.82) is 5.26 Å². The lowest BCUT2D eigenvalue weighted by molar-refractivity contribution is 0.462. The summed E-state index contributed by atoms with van der Waals surface area (Å²) in [5.41, 5.74) is 1.93. The van der Waals surface area contributed by atoms with Crippen molar-refractivity contribution in [3.8, 4) is 6.07 Å². The van der Waals surface area contributed by atoms with Crippen LogP contribution in [0.2, 0.25) is 0 Å². The Balaban J connectivity index is 2.50. The maximum absolute atomic E-state index is 8.80. The largest absolute Gasteiger partial charge is 0.310 e. The van der Waals surface area contributed by atoms with Gasteiger partial charge in [0.1, 0.15) is 0 Å². The van der Waals surface area contributed by atoms with E-state index in [4.69, 9.17) is 5.26 Å². The first-order valence-corrected chi connectivity index (χ1v) is 6.02. The minimum atomic E-state index is 0.593. The summed E-state index contributed by atoms with van der Waals surface area (Å²) in [7, 11) is 0. The van der Waals surface area contributed by atoms with Crippen LogP contribution in [0.15, 0.2) is 24.3 Å². The van der Waals surface area contributed by atoms with Gasteiger partial charge in [-0.2, -0.15) is 5.26 Å². The van der Waals surface area contributed by atoms with E-state index in [1.807, 2.05) is 18.2 Å². The van der Waals surface area contributed by atoms with Crippen LogP contribution in [0.25, 0.3) is 0 Å². The first-order valence-electron chi connectivity index (χ1n) is 6.02. The molecule has 0 aromatic heterocycles. The second-order valence-electron chi connectivity index (χ2n) is 4.09. The predicted octanol–water partition coefficient (Wildman–Crippen LogP) is 3.23. The van der Waals surface area contributed by atoms with Crippen LogP contribution in [0.4, 0.5) is 0 Å². The molecule has 0 radical (unpaired) electrons. The van der Waals surface area contributed by atoms with Crippen LogP contribution < -0.4 is 5.32 Å². The third-order valence-electron chi connectivity index (χ3n) is 2.78. The van der Waals surface area contributed by atoms with Gasteiger partial charge in [0.05, 0.1) is 11.6 Å². The molecule has 0 saturated carbocycles. The maximum Gasteiger partial charge on any atom is 0.0991 e. The maximum atomic E-state index is 8.80. The summed E-state index contributed by atoms with van der Waals surface area (Å²) in [5.74, 6) is 0. The summed E-state index contributed by atoms with van der Waals surface area (Å²) in [6, 6.07) is 10.6. The Morgan fingerprint density at radius 1 is 1.38 bits per heavy atom. The Hall–Kier alpha value is -1.33. The average Bonchev–Trinajstić information content (AvgIpc) is 2.34. The standard InChI is InChI=1S/C14H20N2/c1-3-6-14(4-2)16-11-13-8-5-7-12(9-13)10-15/h5,7-9,14,16H,3-4,6,11H2,1-2H3. The van der Waals surface area contributed by atoms with Crippen LogP contribution in [0.5, 0.6) is 0 Å². The normalized spacial score (nSPS) is 12.1. The molecular formula is C14H20N2. The number of nitrogens with one attached hydrogen (secondary N) is 1. The molecule has 0 amide bonds. The molecule has 1 N–H and O–H groups in total. The number of benzene rings is 1. The molecule has 1 unspecified atom stereocenters. The predicted molar refractivity (Wildman–Crippen MR) is 67.0 cm³/mol. The van der Waals surface area contributed by atoms with Crippen LogP contribution in [-0.2, 0) is 6.54 Å². The SMILES string of the molecule is CCCC(CC)NCc1cccc(C#N)c1. The highest BCUT2D eigenvalue weighted by atomic mass is 14.9. The number of nitrogens with zero attached hydrogens (tertiary/aromatic N) is 1. The van der Waals surface area contributed by atoms with E-state index in [-0.39, 0.29) is 0 Å². The molecule has 1 rings (SSSR count). The molecular weight excluding hydrogens is 196 g/mol. The Morgan fingerprint density at radius 2 is 2.19 bits per heavy atom. The average molecular weight is 216 g/mol. The summed E-state index contributed by atoms with van der Waals surface area (Å²) >= 11 is 0. The highest BCUT2D eigenvalue weighted by Gasteiger charge is 2.03. The molecule has 0 saturated heterocycles. The van der Waals surface area contributed by atoms with Gasteiger partial charge in [-0.3, -0.25) is 0 Å². The van der Waals surface area contributed by atoms with E-state index in [1.54, 1.807) is 0 Å². The van der Waals surface area contributed by atoms with Gasteiger partial charge in [-0.25, -0.2) is 0 Å². The lowest BCUT2D eigenvalue weighted by Gasteiger charge is -2.15. The zero-order chi connectivity index (χ0) is 11.8. The van der Waals surface area contributed by atoms with Gasteiger partial charge < -0.3 is 5.32 Å². The first kappa shape index (κ1) is 12.7. The van der Waals surface area contributed by atoms with Gasteiger partial charge >= 0.3 is 0 Å². The van der Waals surface area contributed by atoms with Crippen molar-refractivity contribution >= 4 is 0 Å². The zero-order valence-corrected chi connectivity index (χ0v) is 10.2. The molecule has 1 atom stereocenters. The van der Waals surface area contributed by atoms with Crippen molar-refractivity contribution in [3.05, 3.63) is 35.4 Å². The van der Waals surface area contributed by atoms with E-state index in [1.165, 1.54) is 18.4 Å². The van der Waals surface area contributed by atoms with Gasteiger partial charge in [-0.1, -0.05) is 32.4 Å². The van der Waals surface area contributed by atoms with Crippen LogP contribution in [-0.4, -0.2) is 6.04 Å². The van der Waals surface area contributed by atoms with Gasteiger partial charge in [0, 0.05) is 12.6 Å². The van der Waals surface area contributed by atoms with Gasteiger partial charge in [0.15, 0.2) is 0 Å². The fourth-order valence-corrected chi connectivity index (χ4v) is 1.81. The summed E-state index contributed by atoms with van der Waals surface area (Å²) in [4.78, 5) is 0. The molecule has 1 aromatic rings. The zero-order valence-electron chi connectivity index (χ0n) is 10.2. The van der Waals surface area contributed by atoms with Crippen molar-refractivity contribution in [2.45, 2.75) is 45.7 Å². The number of hydrogen-bond acceptors (Lipinski definition) is 2. The van der Waals surface area contributed by atoms with Gasteiger partial charge in [-0.15, -0.1) is 0 Å². The van der Waals surface area contributed by atoms with E-state index < -0.39 is 0 Å². The quantitative estimate of drug-likeness (QED) is 0.792. The molecule has 0 aliphatic heterocycles. The molecule has 16 heavy (non-hydrogen) atoms. The number of rotatable bonds is 6. The fourth-order valence-electron chi connectivity index (χ4n) is 1.81. The van der Waals surface area contributed by atoms with Crippen LogP contribution in [0, 0.1) is 11.3 Å². The molecule has 86 valence electrons. The molecule has 2 nitrogen and oxygen atoms in total. The Morgan fingerprint density at radius 3 is 2.81 bits per heavy atom. The summed E-state index contributed by atoms with van der Waals surface area (Å²) in [6.45, 7) is 5.27. The minimum absolute atomic E-state index is 0.593. The molecule has 1 aromatic carbocycles. The molecule has 2 heteroatoms. The van der Waals surface area contributed by atoms with Crippen molar-refractivity contribution in [1.82, 2.24) is 5.32 Å². The highest BCUT2D eigenvalue weighted by molar-refractivity contribution is 5.32. The van der Waals surface area contributed by atoms with Crippen LogP contribution >= 0.6 is 0 Å². The van der Waals surface area contributed by atoms with E-state index in [2.05, 4.69) is 31.3 Å². The highest BCUT2D eigenvalue weighted by Crippen LogP contribution is 2.06. The van der Waals surface area contributed by atoms with Gasteiger partial charge in [0.2, 0.25) is 0 Å². The fraction of sp³-hybridized carbons (Fsp3) is 0.500. The topological polar surface area (TPSA) is 35.8 Å². The summed E-state index contributed by atoms with van der Waals surface area (Å²) in [6.07, 6.45) is 3.59. The molecule has 0 aliphatic carbocycles. The lowest BCUT2D eigenvalue weighted by Crippen LogP contribution is -2.27. The second-order valence-corrected chi connectivity index (χ2v) is 4.09. The van der Waals surface area contributed by atoms with Crippen LogP contribution in [0.3, 0.4) is 0 Å². The van der Waals surface area contributed by atoms with Gasteiger partial charge in [0.25, 0.3) is 0 Å². The van der Waals surface area contributed by atoms with E-state index in [0.29, 0.717) is 6.04 Å². The van der Waals surface area contributed by atoms with E-state index in [9.17, 15) is 0 Å². The van der Waals surface area contributed by atoms with Gasteiger partial charge in [-0.05, 0) is 30.5 Å². The molecule has 0 spiro atoms. The van der Waals surface area contributed by atoms with Crippen LogP contribution in [0.1, 0.15) is 44.2 Å². The first-order chi connectivity index (χ1) is 7.80. The van der Waals surface area contributed by atoms with Crippen molar-refractivity contribution in [3.63, 3.8) is 0 Å². The minimum Gasteiger partial charge on any atom is -0.310 e. The molecule has 0 aliphatic rings. The number of nitriles is 1. The smallest absolute Gasteiger partial charge is 0.0991 e. The van der Waals surface area contributed by atoms with Crippen molar-refractivity contribution in [2.24, 2.45) is 0 Å². The Kier molecular flexibility index (Phi) is 5.60. The van der Waals surface area contributed by atoms with Crippen molar-refractivity contribution < 1.29 is 0 Å². The van der Waals surface area contributed by atoms with E-state index >= 15 is 0 Å². The summed E-state index contributed by atoms with van der Waals surface area (Å²) in [5, 5.41) is 12.3. The molecule has 0 fully saturated rings. The van der Waals surface area contributed by atoms with Crippen molar-refractivity contribution in [2.75, 3.05) is 0 Å². The van der Waals surface area contributed by atoms with E-state index in [0.717, 1.165) is 18.5 Å². The second kappa shape index (κ2) is 7.03. The molecule has 0 heterocycles. The third kappa shape index (κ3) is 4.04. The third-order valence-corrected chi connectivity index (χ3v) is 2.78. The Labute approximate surface area is 98.3 Å². The Bertz CT molecular complexity index is 352. The lowest BCUT2D eigenvalue weighted by atomic mass is 10.1. The molecule has 0 bridgehead atoms. The monoisotopic (exact) mass is 216 g/mol. The summed E-state index contributed by atoms with van der Waals surface area (Å²) < 4.78 is 0.